The highest BCUT2D eigenvalue weighted by molar-refractivity contribution is 9.10. The molecule has 100 valence electrons. The van der Waals surface area contributed by atoms with Gasteiger partial charge in [-0.05, 0) is 24.3 Å². The predicted octanol–water partition coefficient (Wildman–Crippen LogP) is 4.94. The number of hydrogen-bond acceptors (Lipinski definition) is 2. The van der Waals surface area contributed by atoms with Crippen molar-refractivity contribution in [1.29, 1.82) is 0 Å². The smallest absolute Gasteiger partial charge is 0.258 e. The first-order valence-corrected chi connectivity index (χ1v) is 7.01. The number of hydrogen-bond donors (Lipinski definition) is 0. The number of aryl methyl sites for hydroxylation is 1. The van der Waals surface area contributed by atoms with Gasteiger partial charge >= 0.3 is 0 Å². The summed E-state index contributed by atoms with van der Waals surface area (Å²) in [6, 6.07) is 5.15. The van der Waals surface area contributed by atoms with Crippen LogP contribution in [0.2, 0.25) is 0 Å². The summed E-state index contributed by atoms with van der Waals surface area (Å²) in [7, 11) is 0. The van der Waals surface area contributed by atoms with E-state index in [1.807, 2.05) is 6.07 Å². The molecule has 0 heterocycles. The summed E-state index contributed by atoms with van der Waals surface area (Å²) in [5, 5.41) is 11.0. The second-order valence-electron chi connectivity index (χ2n) is 5.40. The Morgan fingerprint density at radius 2 is 2.06 bits per heavy atom. The van der Waals surface area contributed by atoms with Gasteiger partial charge in [-0.3, -0.25) is 10.1 Å². The largest absolute Gasteiger partial charge is 0.273 e. The van der Waals surface area contributed by atoms with Crippen molar-refractivity contribution in [3.8, 4) is 0 Å². The van der Waals surface area contributed by atoms with Gasteiger partial charge in [-0.15, -0.1) is 11.6 Å². The van der Waals surface area contributed by atoms with Crippen LogP contribution in [0.1, 0.15) is 32.8 Å². The van der Waals surface area contributed by atoms with Gasteiger partial charge in [-0.25, -0.2) is 0 Å². The van der Waals surface area contributed by atoms with Gasteiger partial charge in [-0.2, -0.15) is 0 Å². The first-order chi connectivity index (χ1) is 8.21. The molecule has 0 saturated heterocycles. The normalized spacial score (nSPS) is 13.4. The zero-order valence-electron chi connectivity index (χ0n) is 10.7. The van der Waals surface area contributed by atoms with Gasteiger partial charge in [0.15, 0.2) is 0 Å². The van der Waals surface area contributed by atoms with Gasteiger partial charge in [0.1, 0.15) is 0 Å². The van der Waals surface area contributed by atoms with Crippen LogP contribution in [0.3, 0.4) is 0 Å². The molecule has 0 amide bonds. The Balaban J connectivity index is 2.82. The Morgan fingerprint density at radius 3 is 2.56 bits per heavy atom. The lowest BCUT2D eigenvalue weighted by Crippen LogP contribution is -2.21. The van der Waals surface area contributed by atoms with Crippen LogP contribution in [0.4, 0.5) is 5.69 Å². The highest BCUT2D eigenvalue weighted by Gasteiger charge is 2.23. The standard InChI is InChI=1S/C13H17BrClNO2/c1-13(2,3)12(15)7-5-9-4-6-10(14)8-11(9)16(17)18/h4,6,8,12H,5,7H2,1-3H3. The lowest BCUT2D eigenvalue weighted by Gasteiger charge is -2.24. The molecule has 0 radical (unpaired) electrons. The van der Waals surface area contributed by atoms with E-state index in [2.05, 4.69) is 36.7 Å². The molecule has 5 heteroatoms. The van der Waals surface area contributed by atoms with E-state index in [1.165, 1.54) is 6.07 Å². The van der Waals surface area contributed by atoms with Crippen LogP contribution in [-0.4, -0.2) is 10.3 Å². The lowest BCUT2D eigenvalue weighted by molar-refractivity contribution is -0.385. The van der Waals surface area contributed by atoms with Crippen molar-refractivity contribution in [3.63, 3.8) is 0 Å². The minimum absolute atomic E-state index is 0.000695. The van der Waals surface area contributed by atoms with Crippen molar-refractivity contribution >= 4 is 33.2 Å². The Morgan fingerprint density at radius 1 is 1.44 bits per heavy atom. The van der Waals surface area contributed by atoms with Crippen molar-refractivity contribution < 1.29 is 4.92 Å². The Bertz CT molecular complexity index is 443. The number of nitro benzene ring substituents is 1. The summed E-state index contributed by atoms with van der Waals surface area (Å²) < 4.78 is 0.719. The van der Waals surface area contributed by atoms with Gasteiger partial charge < -0.3 is 0 Å². The molecule has 0 aromatic heterocycles. The number of rotatable bonds is 4. The molecule has 0 spiro atoms. The van der Waals surface area contributed by atoms with Crippen molar-refractivity contribution in [3.05, 3.63) is 38.3 Å². The third kappa shape index (κ3) is 4.25. The quantitative estimate of drug-likeness (QED) is 0.444. The van der Waals surface area contributed by atoms with Crippen molar-refractivity contribution in [2.75, 3.05) is 0 Å². The highest BCUT2D eigenvalue weighted by Crippen LogP contribution is 2.30. The summed E-state index contributed by atoms with van der Waals surface area (Å²) in [6.45, 7) is 6.21. The van der Waals surface area contributed by atoms with Crippen molar-refractivity contribution in [1.82, 2.24) is 0 Å². The van der Waals surface area contributed by atoms with Crippen LogP contribution in [0.15, 0.2) is 22.7 Å². The first kappa shape index (κ1) is 15.4. The van der Waals surface area contributed by atoms with Crippen LogP contribution in [-0.2, 0) is 6.42 Å². The number of nitro groups is 1. The summed E-state index contributed by atoms with van der Waals surface area (Å²) in [4.78, 5) is 10.6. The maximum atomic E-state index is 11.0. The number of halogens is 2. The molecule has 0 aliphatic carbocycles. The molecule has 3 nitrogen and oxygen atoms in total. The molecule has 1 atom stereocenters. The predicted molar refractivity (Wildman–Crippen MR) is 78.2 cm³/mol. The van der Waals surface area contributed by atoms with Gasteiger partial charge in [0.05, 0.1) is 4.92 Å². The Labute approximate surface area is 121 Å². The Hall–Kier alpha value is -0.610. The SMILES string of the molecule is CC(C)(C)C(Cl)CCc1ccc(Br)cc1[N+](=O)[O-]. The number of nitrogens with zero attached hydrogens (tertiary/aromatic N) is 1. The van der Waals surface area contributed by atoms with Crippen LogP contribution < -0.4 is 0 Å². The maximum absolute atomic E-state index is 11.0. The molecule has 0 aliphatic rings. The third-order valence-electron chi connectivity index (χ3n) is 2.85. The number of alkyl halides is 1. The van der Waals surface area contributed by atoms with E-state index < -0.39 is 0 Å². The van der Waals surface area contributed by atoms with Crippen LogP contribution >= 0.6 is 27.5 Å². The van der Waals surface area contributed by atoms with E-state index in [4.69, 9.17) is 11.6 Å². The molecule has 0 saturated carbocycles. The van der Waals surface area contributed by atoms with Gasteiger partial charge in [0.2, 0.25) is 0 Å². The summed E-state index contributed by atoms with van der Waals surface area (Å²) in [5.41, 5.74) is 0.895. The summed E-state index contributed by atoms with van der Waals surface area (Å²) >= 11 is 9.54. The van der Waals surface area contributed by atoms with E-state index in [1.54, 1.807) is 6.07 Å². The summed E-state index contributed by atoms with van der Waals surface area (Å²) in [5.74, 6) is 0. The summed E-state index contributed by atoms with van der Waals surface area (Å²) in [6.07, 6.45) is 1.35. The molecule has 0 fully saturated rings. The maximum Gasteiger partial charge on any atom is 0.273 e. The molecule has 0 N–H and O–H groups in total. The molecule has 1 aromatic rings. The van der Waals surface area contributed by atoms with Crippen LogP contribution in [0, 0.1) is 15.5 Å². The number of benzene rings is 1. The Kier molecular flexibility index (Phi) is 5.17. The average Bonchev–Trinajstić information content (AvgIpc) is 2.25. The molecule has 0 bridgehead atoms. The minimum atomic E-state index is -0.347. The molecule has 1 aromatic carbocycles. The fourth-order valence-corrected chi connectivity index (χ4v) is 2.09. The van der Waals surface area contributed by atoms with E-state index in [9.17, 15) is 10.1 Å². The highest BCUT2D eigenvalue weighted by atomic mass is 79.9. The van der Waals surface area contributed by atoms with E-state index in [0.29, 0.717) is 6.42 Å². The van der Waals surface area contributed by atoms with Crippen LogP contribution in [0.25, 0.3) is 0 Å². The van der Waals surface area contributed by atoms with Gasteiger partial charge in [0.25, 0.3) is 5.69 Å². The first-order valence-electron chi connectivity index (χ1n) is 5.78. The molecule has 1 unspecified atom stereocenters. The van der Waals surface area contributed by atoms with Crippen molar-refractivity contribution in [2.24, 2.45) is 5.41 Å². The van der Waals surface area contributed by atoms with E-state index in [0.717, 1.165) is 16.5 Å². The zero-order valence-corrected chi connectivity index (χ0v) is 13.1. The molecule has 1 rings (SSSR count). The fraction of sp³-hybridized carbons (Fsp3) is 0.538. The average molecular weight is 335 g/mol. The van der Waals surface area contributed by atoms with Crippen molar-refractivity contribution in [2.45, 2.75) is 39.0 Å². The molecule has 18 heavy (non-hydrogen) atoms. The second-order valence-corrected chi connectivity index (χ2v) is 6.84. The van der Waals surface area contributed by atoms with E-state index in [-0.39, 0.29) is 21.4 Å². The zero-order chi connectivity index (χ0) is 13.9. The minimum Gasteiger partial charge on any atom is -0.258 e. The second kappa shape index (κ2) is 6.02. The van der Waals surface area contributed by atoms with E-state index >= 15 is 0 Å². The fourth-order valence-electron chi connectivity index (χ4n) is 1.63. The molecule has 0 aliphatic heterocycles. The topological polar surface area (TPSA) is 43.1 Å². The third-order valence-corrected chi connectivity index (χ3v) is 4.22. The van der Waals surface area contributed by atoms with Gasteiger partial charge in [-0.1, -0.05) is 42.8 Å². The monoisotopic (exact) mass is 333 g/mol. The molecular formula is C13H17BrClNO2. The van der Waals surface area contributed by atoms with Crippen LogP contribution in [0.5, 0.6) is 0 Å². The lowest BCUT2D eigenvalue weighted by atomic mass is 9.88. The van der Waals surface area contributed by atoms with Gasteiger partial charge in [0, 0.05) is 21.5 Å². The molecular weight excluding hydrogens is 318 g/mol.